The SMILES string of the molecule is Cc1c(C)c2c(c(C)c1O)CC(CCN)C(C)O2.Cl. The molecule has 4 heteroatoms. The first-order valence-electron chi connectivity index (χ1n) is 6.65. The number of phenols is 1. The zero-order valence-corrected chi connectivity index (χ0v) is 12.9. The first kappa shape index (κ1) is 16.1. The number of fused-ring (bicyclic) bond motifs is 1. The molecule has 19 heavy (non-hydrogen) atoms. The maximum Gasteiger partial charge on any atom is 0.126 e. The summed E-state index contributed by atoms with van der Waals surface area (Å²) >= 11 is 0. The standard InChI is InChI=1S/C15H23NO2.ClH/c1-8-9(2)15-13(10(3)14(8)17)7-12(5-6-16)11(4)18-15;/h11-12,17H,5-7,16H2,1-4H3;1H. The predicted octanol–water partition coefficient (Wildman–Crippen LogP) is 3.03. The Hall–Kier alpha value is -0.930. The average molecular weight is 286 g/mol. The highest BCUT2D eigenvalue weighted by Crippen LogP contribution is 2.42. The highest BCUT2D eigenvalue weighted by molar-refractivity contribution is 5.85. The summed E-state index contributed by atoms with van der Waals surface area (Å²) in [6, 6.07) is 0. The number of hydrogen-bond donors (Lipinski definition) is 2. The third-order valence-electron chi connectivity index (χ3n) is 4.31. The van der Waals surface area contributed by atoms with Gasteiger partial charge in [-0.25, -0.2) is 0 Å². The molecule has 1 aliphatic heterocycles. The predicted molar refractivity (Wildman–Crippen MR) is 80.5 cm³/mol. The van der Waals surface area contributed by atoms with Crippen molar-refractivity contribution in [1.82, 2.24) is 0 Å². The summed E-state index contributed by atoms with van der Waals surface area (Å²) in [6.45, 7) is 8.73. The van der Waals surface area contributed by atoms with Crippen molar-refractivity contribution in [3.63, 3.8) is 0 Å². The van der Waals surface area contributed by atoms with E-state index in [2.05, 4.69) is 6.92 Å². The van der Waals surface area contributed by atoms with E-state index < -0.39 is 0 Å². The van der Waals surface area contributed by atoms with E-state index in [0.29, 0.717) is 18.2 Å². The fourth-order valence-electron chi connectivity index (χ4n) is 2.84. The molecule has 108 valence electrons. The van der Waals surface area contributed by atoms with E-state index in [0.717, 1.165) is 40.8 Å². The van der Waals surface area contributed by atoms with Crippen molar-refractivity contribution in [2.45, 2.75) is 46.6 Å². The number of ether oxygens (including phenoxy) is 1. The Morgan fingerprint density at radius 1 is 1.21 bits per heavy atom. The first-order chi connectivity index (χ1) is 8.47. The molecule has 2 unspecified atom stereocenters. The van der Waals surface area contributed by atoms with E-state index in [1.807, 2.05) is 20.8 Å². The van der Waals surface area contributed by atoms with Gasteiger partial charge < -0.3 is 15.6 Å². The molecule has 0 radical (unpaired) electrons. The number of halogens is 1. The Balaban J connectivity index is 0.00000180. The lowest BCUT2D eigenvalue weighted by molar-refractivity contribution is 0.123. The van der Waals surface area contributed by atoms with Gasteiger partial charge in [-0.1, -0.05) is 0 Å². The largest absolute Gasteiger partial charge is 0.507 e. The van der Waals surface area contributed by atoms with Crippen LogP contribution in [-0.2, 0) is 6.42 Å². The third-order valence-corrected chi connectivity index (χ3v) is 4.31. The lowest BCUT2D eigenvalue weighted by Gasteiger charge is -2.34. The number of aromatic hydroxyl groups is 1. The van der Waals surface area contributed by atoms with Crippen molar-refractivity contribution in [1.29, 1.82) is 0 Å². The van der Waals surface area contributed by atoms with E-state index in [9.17, 15) is 5.11 Å². The lowest BCUT2D eigenvalue weighted by Crippen LogP contribution is -2.32. The van der Waals surface area contributed by atoms with Gasteiger partial charge in [0.25, 0.3) is 0 Å². The Bertz CT molecular complexity index is 474. The molecule has 1 aliphatic rings. The number of phenolic OH excluding ortho intramolecular Hbond substituents is 1. The maximum atomic E-state index is 10.1. The lowest BCUT2D eigenvalue weighted by atomic mass is 9.84. The van der Waals surface area contributed by atoms with Gasteiger partial charge >= 0.3 is 0 Å². The molecule has 2 rings (SSSR count). The molecule has 0 saturated carbocycles. The minimum atomic E-state index is 0. The molecule has 3 N–H and O–H groups in total. The van der Waals surface area contributed by atoms with Gasteiger partial charge in [-0.3, -0.25) is 0 Å². The summed E-state index contributed by atoms with van der Waals surface area (Å²) in [5, 5.41) is 10.1. The van der Waals surface area contributed by atoms with E-state index in [1.165, 1.54) is 0 Å². The van der Waals surface area contributed by atoms with Gasteiger partial charge in [-0.2, -0.15) is 0 Å². The van der Waals surface area contributed by atoms with Crippen LogP contribution in [0.2, 0.25) is 0 Å². The molecule has 2 atom stereocenters. The van der Waals surface area contributed by atoms with Crippen molar-refractivity contribution < 1.29 is 9.84 Å². The molecule has 1 heterocycles. The van der Waals surface area contributed by atoms with Gasteiger partial charge in [0.2, 0.25) is 0 Å². The zero-order chi connectivity index (χ0) is 13.4. The van der Waals surface area contributed by atoms with Crippen molar-refractivity contribution in [3.8, 4) is 11.5 Å². The van der Waals surface area contributed by atoms with Crippen LogP contribution < -0.4 is 10.5 Å². The van der Waals surface area contributed by atoms with Crippen LogP contribution in [0.5, 0.6) is 11.5 Å². The maximum absolute atomic E-state index is 10.1. The Labute approximate surface area is 121 Å². The van der Waals surface area contributed by atoms with E-state index >= 15 is 0 Å². The Morgan fingerprint density at radius 2 is 1.84 bits per heavy atom. The van der Waals surface area contributed by atoms with Gasteiger partial charge in [-0.05, 0) is 63.8 Å². The molecule has 1 aromatic rings. The van der Waals surface area contributed by atoms with E-state index in [-0.39, 0.29) is 18.5 Å². The Kier molecular flexibility index (Phi) is 5.11. The first-order valence-corrected chi connectivity index (χ1v) is 6.65. The minimum absolute atomic E-state index is 0. The molecular formula is C15H24ClNO2. The summed E-state index contributed by atoms with van der Waals surface area (Å²) < 4.78 is 6.08. The smallest absolute Gasteiger partial charge is 0.126 e. The van der Waals surface area contributed by atoms with Gasteiger partial charge in [0.05, 0.1) is 6.10 Å². The number of nitrogens with two attached hydrogens (primary N) is 1. The zero-order valence-electron chi connectivity index (χ0n) is 12.1. The molecule has 1 aromatic carbocycles. The molecule has 0 spiro atoms. The third kappa shape index (κ3) is 2.67. The van der Waals surface area contributed by atoms with Crippen molar-refractivity contribution in [2.75, 3.05) is 6.54 Å². The Morgan fingerprint density at radius 3 is 2.42 bits per heavy atom. The molecule has 0 aliphatic carbocycles. The quantitative estimate of drug-likeness (QED) is 0.878. The van der Waals surface area contributed by atoms with Crippen LogP contribution in [0.4, 0.5) is 0 Å². The molecule has 0 amide bonds. The fourth-order valence-corrected chi connectivity index (χ4v) is 2.84. The van der Waals surface area contributed by atoms with Crippen LogP contribution in [0.15, 0.2) is 0 Å². The summed E-state index contributed by atoms with van der Waals surface area (Å²) in [7, 11) is 0. The fraction of sp³-hybridized carbons (Fsp3) is 0.600. The normalized spacial score (nSPS) is 21.3. The molecule has 0 saturated heterocycles. The second-order valence-electron chi connectivity index (χ2n) is 5.40. The monoisotopic (exact) mass is 285 g/mol. The number of hydrogen-bond acceptors (Lipinski definition) is 3. The second-order valence-corrected chi connectivity index (χ2v) is 5.40. The molecule has 0 fully saturated rings. The summed E-state index contributed by atoms with van der Waals surface area (Å²) in [6.07, 6.45) is 2.12. The van der Waals surface area contributed by atoms with Crippen molar-refractivity contribution in [2.24, 2.45) is 11.7 Å². The van der Waals surface area contributed by atoms with Gasteiger partial charge in [0.1, 0.15) is 11.5 Å². The van der Waals surface area contributed by atoms with Crippen LogP contribution in [0.1, 0.15) is 35.6 Å². The molecule has 0 aromatic heterocycles. The molecule has 3 nitrogen and oxygen atoms in total. The topological polar surface area (TPSA) is 55.5 Å². The van der Waals surface area contributed by atoms with E-state index in [4.69, 9.17) is 10.5 Å². The van der Waals surface area contributed by atoms with Crippen LogP contribution in [0.3, 0.4) is 0 Å². The van der Waals surface area contributed by atoms with Gasteiger partial charge in [0, 0.05) is 11.5 Å². The van der Waals surface area contributed by atoms with Crippen molar-refractivity contribution >= 4 is 12.4 Å². The number of rotatable bonds is 2. The average Bonchev–Trinajstić information content (AvgIpc) is 2.36. The number of benzene rings is 1. The highest BCUT2D eigenvalue weighted by atomic mass is 35.5. The summed E-state index contributed by atoms with van der Waals surface area (Å²) in [4.78, 5) is 0. The van der Waals surface area contributed by atoms with Gasteiger partial charge in [0.15, 0.2) is 0 Å². The van der Waals surface area contributed by atoms with E-state index in [1.54, 1.807) is 0 Å². The highest BCUT2D eigenvalue weighted by Gasteiger charge is 2.30. The minimum Gasteiger partial charge on any atom is -0.507 e. The summed E-state index contributed by atoms with van der Waals surface area (Å²) in [5.74, 6) is 1.84. The summed E-state index contributed by atoms with van der Waals surface area (Å²) in [5.41, 5.74) is 9.77. The van der Waals surface area contributed by atoms with Crippen LogP contribution in [-0.4, -0.2) is 17.8 Å². The van der Waals surface area contributed by atoms with Crippen LogP contribution >= 0.6 is 12.4 Å². The second kappa shape index (κ2) is 6.02. The molecular weight excluding hydrogens is 262 g/mol. The van der Waals surface area contributed by atoms with Gasteiger partial charge in [-0.15, -0.1) is 12.4 Å². The molecule has 0 bridgehead atoms. The van der Waals surface area contributed by atoms with Crippen molar-refractivity contribution in [3.05, 3.63) is 22.3 Å². The van der Waals surface area contributed by atoms with Crippen LogP contribution in [0.25, 0.3) is 0 Å². The van der Waals surface area contributed by atoms with Crippen LogP contribution in [0, 0.1) is 26.7 Å².